The Hall–Kier alpha value is -2.13. The van der Waals surface area contributed by atoms with Crippen molar-refractivity contribution in [2.24, 2.45) is 5.16 Å². The standard InChI is InChI=1S/C14H13NO2/c16-11-17-15-14(12-7-3-1-4-8-12)13-9-5-2-6-10-13/h1-10,16H,11H2. The fourth-order valence-electron chi connectivity index (χ4n) is 1.56. The van der Waals surface area contributed by atoms with Crippen molar-refractivity contribution in [3.05, 3.63) is 71.8 Å². The Bertz CT molecular complexity index is 439. The van der Waals surface area contributed by atoms with Crippen LogP contribution in [0, 0.1) is 0 Å². The first kappa shape index (κ1) is 11.4. The molecule has 0 saturated carbocycles. The van der Waals surface area contributed by atoms with Crippen LogP contribution in [0.3, 0.4) is 0 Å². The van der Waals surface area contributed by atoms with E-state index in [0.29, 0.717) is 5.71 Å². The van der Waals surface area contributed by atoms with E-state index in [1.807, 2.05) is 60.7 Å². The van der Waals surface area contributed by atoms with E-state index in [4.69, 9.17) is 9.94 Å². The predicted octanol–water partition coefficient (Wildman–Crippen LogP) is 2.41. The van der Waals surface area contributed by atoms with Crippen LogP contribution < -0.4 is 0 Å². The average molecular weight is 227 g/mol. The van der Waals surface area contributed by atoms with Gasteiger partial charge in [-0.1, -0.05) is 65.8 Å². The molecule has 0 unspecified atom stereocenters. The number of aliphatic hydroxyl groups excluding tert-OH is 1. The highest BCUT2D eigenvalue weighted by atomic mass is 16.7. The summed E-state index contributed by atoms with van der Waals surface area (Å²) in [6.07, 6.45) is 0. The van der Waals surface area contributed by atoms with Gasteiger partial charge in [0.2, 0.25) is 6.79 Å². The molecule has 0 bridgehead atoms. The summed E-state index contributed by atoms with van der Waals surface area (Å²) in [5.74, 6) is 0. The molecule has 0 amide bonds. The van der Waals surface area contributed by atoms with Crippen molar-refractivity contribution in [1.29, 1.82) is 0 Å². The monoisotopic (exact) mass is 227 g/mol. The van der Waals surface area contributed by atoms with Crippen molar-refractivity contribution in [2.75, 3.05) is 6.79 Å². The molecule has 0 aliphatic heterocycles. The lowest BCUT2D eigenvalue weighted by molar-refractivity contribution is 0.00204. The van der Waals surface area contributed by atoms with Crippen LogP contribution in [-0.4, -0.2) is 17.6 Å². The Morgan fingerprint density at radius 2 is 1.35 bits per heavy atom. The van der Waals surface area contributed by atoms with Gasteiger partial charge in [-0.2, -0.15) is 0 Å². The van der Waals surface area contributed by atoms with Gasteiger partial charge in [0.1, 0.15) is 5.71 Å². The number of hydrogen-bond acceptors (Lipinski definition) is 3. The van der Waals surface area contributed by atoms with Crippen molar-refractivity contribution in [1.82, 2.24) is 0 Å². The zero-order valence-corrected chi connectivity index (χ0v) is 9.28. The molecule has 0 aliphatic carbocycles. The molecule has 0 aliphatic rings. The van der Waals surface area contributed by atoms with Gasteiger partial charge in [-0.25, -0.2) is 0 Å². The molecule has 0 radical (unpaired) electrons. The molecule has 0 fully saturated rings. The summed E-state index contributed by atoms with van der Waals surface area (Å²) in [6.45, 7) is -0.427. The van der Waals surface area contributed by atoms with Gasteiger partial charge < -0.3 is 9.94 Å². The average Bonchev–Trinajstić information content (AvgIpc) is 2.42. The van der Waals surface area contributed by atoms with E-state index in [-0.39, 0.29) is 0 Å². The first-order valence-corrected chi connectivity index (χ1v) is 5.33. The van der Waals surface area contributed by atoms with E-state index in [1.54, 1.807) is 0 Å². The topological polar surface area (TPSA) is 41.8 Å². The number of nitrogens with zero attached hydrogens (tertiary/aromatic N) is 1. The van der Waals surface area contributed by atoms with Crippen LogP contribution in [0.15, 0.2) is 65.8 Å². The molecule has 2 aromatic carbocycles. The largest absolute Gasteiger partial charge is 0.367 e. The fraction of sp³-hybridized carbons (Fsp3) is 0.0714. The molecule has 17 heavy (non-hydrogen) atoms. The lowest BCUT2D eigenvalue weighted by Gasteiger charge is -2.06. The molecule has 3 nitrogen and oxygen atoms in total. The molecular weight excluding hydrogens is 214 g/mol. The highest BCUT2D eigenvalue weighted by Gasteiger charge is 2.06. The number of hydrogen-bond donors (Lipinski definition) is 1. The lowest BCUT2D eigenvalue weighted by atomic mass is 10.0. The van der Waals surface area contributed by atoms with Gasteiger partial charge >= 0.3 is 0 Å². The smallest absolute Gasteiger partial charge is 0.214 e. The maximum atomic E-state index is 8.68. The maximum absolute atomic E-state index is 8.68. The summed E-state index contributed by atoms with van der Waals surface area (Å²) in [7, 11) is 0. The maximum Gasteiger partial charge on any atom is 0.214 e. The third kappa shape index (κ3) is 2.92. The zero-order chi connectivity index (χ0) is 11.9. The second-order valence-electron chi connectivity index (χ2n) is 3.43. The van der Waals surface area contributed by atoms with Gasteiger partial charge in [0.25, 0.3) is 0 Å². The second kappa shape index (κ2) is 5.82. The van der Waals surface area contributed by atoms with E-state index < -0.39 is 6.79 Å². The van der Waals surface area contributed by atoms with Crippen molar-refractivity contribution in [3.63, 3.8) is 0 Å². The minimum Gasteiger partial charge on any atom is -0.367 e. The quantitative estimate of drug-likeness (QED) is 0.495. The number of oxime groups is 1. The van der Waals surface area contributed by atoms with Gasteiger partial charge in [-0.15, -0.1) is 0 Å². The Labute approximate surface area is 100.0 Å². The lowest BCUT2D eigenvalue weighted by Crippen LogP contribution is -2.04. The molecule has 0 heterocycles. The van der Waals surface area contributed by atoms with Crippen LogP contribution in [0.25, 0.3) is 0 Å². The zero-order valence-electron chi connectivity index (χ0n) is 9.28. The molecule has 1 N–H and O–H groups in total. The van der Waals surface area contributed by atoms with E-state index in [0.717, 1.165) is 11.1 Å². The second-order valence-corrected chi connectivity index (χ2v) is 3.43. The van der Waals surface area contributed by atoms with Crippen molar-refractivity contribution in [2.45, 2.75) is 0 Å². The third-order valence-electron chi connectivity index (χ3n) is 2.31. The van der Waals surface area contributed by atoms with Gasteiger partial charge in [0.05, 0.1) is 0 Å². The van der Waals surface area contributed by atoms with Crippen LogP contribution in [0.4, 0.5) is 0 Å². The normalized spacial score (nSPS) is 9.71. The summed E-state index contributed by atoms with van der Waals surface area (Å²) in [6, 6.07) is 19.4. The minimum atomic E-state index is -0.427. The van der Waals surface area contributed by atoms with Gasteiger partial charge in [-0.3, -0.25) is 0 Å². The Kier molecular flexibility index (Phi) is 3.89. The van der Waals surface area contributed by atoms with Crippen molar-refractivity contribution >= 4 is 5.71 Å². The van der Waals surface area contributed by atoms with Crippen LogP contribution in [0.2, 0.25) is 0 Å². The van der Waals surface area contributed by atoms with Crippen LogP contribution in [-0.2, 0) is 4.84 Å². The van der Waals surface area contributed by atoms with E-state index in [2.05, 4.69) is 5.16 Å². The number of aliphatic hydroxyl groups is 1. The van der Waals surface area contributed by atoms with E-state index in [9.17, 15) is 0 Å². The van der Waals surface area contributed by atoms with Crippen LogP contribution >= 0.6 is 0 Å². The van der Waals surface area contributed by atoms with Gasteiger partial charge in [-0.05, 0) is 0 Å². The molecule has 0 atom stereocenters. The minimum absolute atomic E-state index is 0.427. The molecule has 0 spiro atoms. The number of rotatable bonds is 4. The molecule has 2 rings (SSSR count). The fourth-order valence-corrected chi connectivity index (χ4v) is 1.56. The van der Waals surface area contributed by atoms with E-state index >= 15 is 0 Å². The van der Waals surface area contributed by atoms with Crippen molar-refractivity contribution in [3.8, 4) is 0 Å². The highest BCUT2D eigenvalue weighted by Crippen LogP contribution is 2.10. The van der Waals surface area contributed by atoms with Gasteiger partial charge in [0, 0.05) is 11.1 Å². The predicted molar refractivity (Wildman–Crippen MR) is 66.7 cm³/mol. The van der Waals surface area contributed by atoms with Gasteiger partial charge in [0.15, 0.2) is 0 Å². The summed E-state index contributed by atoms with van der Waals surface area (Å²) in [5.41, 5.74) is 2.61. The van der Waals surface area contributed by atoms with Crippen molar-refractivity contribution < 1.29 is 9.94 Å². The Morgan fingerprint density at radius 1 is 0.882 bits per heavy atom. The summed E-state index contributed by atoms with van der Waals surface area (Å²) >= 11 is 0. The molecule has 2 aromatic rings. The molecule has 3 heteroatoms. The van der Waals surface area contributed by atoms with Crippen LogP contribution in [0.5, 0.6) is 0 Å². The Balaban J connectivity index is 2.40. The SMILES string of the molecule is OCON=C(c1ccccc1)c1ccccc1. The molecule has 0 aromatic heterocycles. The molecule has 86 valence electrons. The number of benzene rings is 2. The summed E-state index contributed by atoms with van der Waals surface area (Å²) in [5, 5.41) is 12.6. The van der Waals surface area contributed by atoms with Crippen LogP contribution in [0.1, 0.15) is 11.1 Å². The molecule has 0 saturated heterocycles. The third-order valence-corrected chi connectivity index (χ3v) is 2.31. The first-order chi connectivity index (χ1) is 8.42. The summed E-state index contributed by atoms with van der Waals surface area (Å²) < 4.78 is 0. The highest BCUT2D eigenvalue weighted by molar-refractivity contribution is 6.12. The summed E-state index contributed by atoms with van der Waals surface area (Å²) in [4.78, 5) is 4.75. The first-order valence-electron chi connectivity index (χ1n) is 5.33. The molecular formula is C14H13NO2. The Morgan fingerprint density at radius 3 is 1.76 bits per heavy atom. The van der Waals surface area contributed by atoms with E-state index in [1.165, 1.54) is 0 Å².